The highest BCUT2D eigenvalue weighted by molar-refractivity contribution is 6.26. The Kier molecular flexibility index (Phi) is 4.12. The monoisotopic (exact) mass is 403 g/mol. The van der Waals surface area contributed by atoms with Crippen LogP contribution < -0.4 is 15.1 Å². The van der Waals surface area contributed by atoms with Crippen molar-refractivity contribution in [2.75, 3.05) is 16.8 Å². The predicted molar refractivity (Wildman–Crippen MR) is 114 cm³/mol. The Hall–Kier alpha value is -2.99. The molecule has 2 aromatic rings. The molecule has 0 aromatic heterocycles. The van der Waals surface area contributed by atoms with Crippen molar-refractivity contribution in [3.8, 4) is 0 Å². The maximum atomic E-state index is 13.7. The minimum atomic E-state index is -1.20. The van der Waals surface area contributed by atoms with Gasteiger partial charge in [0, 0.05) is 24.3 Å². The number of anilines is 2. The highest BCUT2D eigenvalue weighted by Crippen LogP contribution is 2.55. The Morgan fingerprint density at radius 3 is 2.33 bits per heavy atom. The van der Waals surface area contributed by atoms with E-state index in [1.807, 2.05) is 42.5 Å². The average Bonchev–Trinajstić information content (AvgIpc) is 3.28. The maximum absolute atomic E-state index is 13.7. The zero-order valence-corrected chi connectivity index (χ0v) is 17.3. The van der Waals surface area contributed by atoms with E-state index in [0.29, 0.717) is 18.0 Å². The molecule has 3 amide bonds. The largest absolute Gasteiger partial charge is 0.313 e. The Bertz CT molecular complexity index is 1050. The molecule has 4 unspecified atom stereocenters. The van der Waals surface area contributed by atoms with Gasteiger partial charge in [-0.1, -0.05) is 50.2 Å². The van der Waals surface area contributed by atoms with Gasteiger partial charge in [-0.2, -0.15) is 0 Å². The van der Waals surface area contributed by atoms with Crippen LogP contribution in [0.3, 0.4) is 0 Å². The first-order valence-corrected chi connectivity index (χ1v) is 10.5. The van der Waals surface area contributed by atoms with Gasteiger partial charge >= 0.3 is 0 Å². The molecule has 154 valence electrons. The van der Waals surface area contributed by atoms with E-state index in [1.165, 1.54) is 4.90 Å². The molecule has 0 saturated carbocycles. The summed E-state index contributed by atoms with van der Waals surface area (Å²) < 4.78 is 0. The van der Waals surface area contributed by atoms with E-state index >= 15 is 0 Å². The third kappa shape index (κ3) is 2.31. The molecule has 2 saturated heterocycles. The third-order valence-corrected chi connectivity index (χ3v) is 6.74. The van der Waals surface area contributed by atoms with Crippen LogP contribution in [0.4, 0.5) is 11.4 Å². The number of para-hydroxylation sites is 2. The lowest BCUT2D eigenvalue weighted by molar-refractivity contribution is -0.131. The number of benzene rings is 2. The Morgan fingerprint density at radius 1 is 0.967 bits per heavy atom. The smallest absolute Gasteiger partial charge is 0.252 e. The standard InChI is InChI=1S/C24H25N3O3/c1-14(2)13-17-19-20(22(29)27(21(19)28)15-9-5-4-6-10-15)24(25-17)16-11-7-8-12-18(16)26(3)23(24)30/h4-12,14,17,19-20,25H,13H2,1-3H3. The molecule has 4 atom stereocenters. The molecule has 30 heavy (non-hydrogen) atoms. The van der Waals surface area contributed by atoms with Crippen molar-refractivity contribution in [3.63, 3.8) is 0 Å². The zero-order valence-electron chi connectivity index (χ0n) is 17.3. The number of carbonyl (C=O) groups excluding carboxylic acids is 3. The van der Waals surface area contributed by atoms with Crippen molar-refractivity contribution in [2.24, 2.45) is 17.8 Å². The van der Waals surface area contributed by atoms with Gasteiger partial charge in [0.25, 0.3) is 5.91 Å². The van der Waals surface area contributed by atoms with Gasteiger partial charge in [-0.05, 0) is 30.5 Å². The van der Waals surface area contributed by atoms with E-state index in [0.717, 1.165) is 11.3 Å². The Morgan fingerprint density at radius 2 is 1.63 bits per heavy atom. The van der Waals surface area contributed by atoms with E-state index in [-0.39, 0.29) is 23.8 Å². The van der Waals surface area contributed by atoms with Crippen LogP contribution in [0.5, 0.6) is 0 Å². The molecule has 1 N–H and O–H groups in total. The first-order chi connectivity index (χ1) is 14.4. The highest BCUT2D eigenvalue weighted by Gasteiger charge is 2.71. The maximum Gasteiger partial charge on any atom is 0.252 e. The van der Waals surface area contributed by atoms with Crippen molar-refractivity contribution in [2.45, 2.75) is 31.8 Å². The van der Waals surface area contributed by atoms with Crippen molar-refractivity contribution < 1.29 is 14.4 Å². The normalized spacial score (nSPS) is 30.0. The van der Waals surface area contributed by atoms with Crippen LogP contribution in [0.2, 0.25) is 0 Å². The van der Waals surface area contributed by atoms with E-state index < -0.39 is 17.4 Å². The summed E-state index contributed by atoms with van der Waals surface area (Å²) in [6.45, 7) is 4.18. The fraction of sp³-hybridized carbons (Fsp3) is 0.375. The number of fused-ring (bicyclic) bond motifs is 4. The summed E-state index contributed by atoms with van der Waals surface area (Å²) in [7, 11) is 1.73. The molecule has 1 spiro atoms. The van der Waals surface area contributed by atoms with Crippen LogP contribution in [-0.4, -0.2) is 30.8 Å². The lowest BCUT2D eigenvalue weighted by atomic mass is 9.76. The summed E-state index contributed by atoms with van der Waals surface area (Å²) in [5.74, 6) is -1.69. The highest BCUT2D eigenvalue weighted by atomic mass is 16.2. The Labute approximate surface area is 175 Å². The minimum absolute atomic E-state index is 0.166. The van der Waals surface area contributed by atoms with Crippen LogP contribution in [0.15, 0.2) is 54.6 Å². The minimum Gasteiger partial charge on any atom is -0.313 e. The topological polar surface area (TPSA) is 69.7 Å². The molecule has 2 aromatic carbocycles. The SMILES string of the molecule is CC(C)CC1NC2(C(=O)N(C)c3ccccc32)C2C(=O)N(c3ccccc3)C(=O)C12. The third-order valence-electron chi connectivity index (χ3n) is 6.74. The lowest BCUT2D eigenvalue weighted by Crippen LogP contribution is -2.54. The number of hydrogen-bond donors (Lipinski definition) is 1. The second-order valence-corrected chi connectivity index (χ2v) is 8.92. The lowest BCUT2D eigenvalue weighted by Gasteiger charge is -2.30. The molecular weight excluding hydrogens is 378 g/mol. The van der Waals surface area contributed by atoms with Gasteiger partial charge in [0.2, 0.25) is 11.8 Å². The molecule has 0 radical (unpaired) electrons. The number of likely N-dealkylation sites (N-methyl/N-ethyl adjacent to an activating group) is 1. The quantitative estimate of drug-likeness (QED) is 0.800. The number of rotatable bonds is 3. The van der Waals surface area contributed by atoms with Crippen molar-refractivity contribution in [1.82, 2.24) is 5.32 Å². The van der Waals surface area contributed by atoms with Gasteiger partial charge in [0.1, 0.15) is 5.54 Å². The number of amides is 3. The van der Waals surface area contributed by atoms with Crippen molar-refractivity contribution in [3.05, 3.63) is 60.2 Å². The fourth-order valence-electron chi connectivity index (χ4n) is 5.60. The van der Waals surface area contributed by atoms with Gasteiger partial charge < -0.3 is 4.90 Å². The van der Waals surface area contributed by atoms with Crippen LogP contribution >= 0.6 is 0 Å². The number of nitrogens with one attached hydrogen (secondary N) is 1. The van der Waals surface area contributed by atoms with Gasteiger partial charge in [0.15, 0.2) is 0 Å². The van der Waals surface area contributed by atoms with Gasteiger partial charge in [-0.25, -0.2) is 4.90 Å². The summed E-state index contributed by atoms with van der Waals surface area (Å²) in [6.07, 6.45) is 0.712. The van der Waals surface area contributed by atoms with E-state index in [1.54, 1.807) is 24.1 Å². The predicted octanol–water partition coefficient (Wildman–Crippen LogP) is 2.68. The van der Waals surface area contributed by atoms with Gasteiger partial charge in [-0.15, -0.1) is 0 Å². The van der Waals surface area contributed by atoms with Crippen LogP contribution in [-0.2, 0) is 19.9 Å². The number of imide groups is 1. The summed E-state index contributed by atoms with van der Waals surface area (Å²) in [6, 6.07) is 16.3. The zero-order chi connectivity index (χ0) is 21.2. The first kappa shape index (κ1) is 19.0. The fourth-order valence-corrected chi connectivity index (χ4v) is 5.60. The molecule has 3 aliphatic heterocycles. The molecule has 6 heteroatoms. The van der Waals surface area contributed by atoms with Crippen molar-refractivity contribution in [1.29, 1.82) is 0 Å². The summed E-state index contributed by atoms with van der Waals surface area (Å²) in [4.78, 5) is 43.9. The van der Waals surface area contributed by atoms with E-state index in [4.69, 9.17) is 0 Å². The second-order valence-electron chi connectivity index (χ2n) is 8.92. The second kappa shape index (κ2) is 6.51. The van der Waals surface area contributed by atoms with E-state index in [9.17, 15) is 14.4 Å². The van der Waals surface area contributed by atoms with Crippen LogP contribution in [0, 0.1) is 17.8 Å². The Balaban J connectivity index is 1.69. The summed E-state index contributed by atoms with van der Waals surface area (Å²) in [5, 5.41) is 3.51. The molecule has 3 aliphatic rings. The molecule has 2 fully saturated rings. The van der Waals surface area contributed by atoms with Gasteiger partial charge in [0.05, 0.1) is 17.5 Å². The molecule has 6 nitrogen and oxygen atoms in total. The molecule has 5 rings (SSSR count). The van der Waals surface area contributed by atoms with Crippen LogP contribution in [0.1, 0.15) is 25.8 Å². The van der Waals surface area contributed by atoms with E-state index in [2.05, 4.69) is 19.2 Å². The average molecular weight is 403 g/mol. The number of nitrogens with zero attached hydrogens (tertiary/aromatic N) is 2. The molecule has 0 aliphatic carbocycles. The summed E-state index contributed by atoms with van der Waals surface area (Å²) in [5.41, 5.74) is 0.936. The van der Waals surface area contributed by atoms with Crippen molar-refractivity contribution >= 4 is 29.1 Å². The molecular formula is C24H25N3O3. The van der Waals surface area contributed by atoms with Gasteiger partial charge in [-0.3, -0.25) is 19.7 Å². The number of hydrogen-bond acceptors (Lipinski definition) is 4. The molecule has 0 bridgehead atoms. The van der Waals surface area contributed by atoms with Crippen LogP contribution in [0.25, 0.3) is 0 Å². The summed E-state index contributed by atoms with van der Waals surface area (Å²) >= 11 is 0. The molecule has 3 heterocycles. The number of carbonyl (C=O) groups is 3. The first-order valence-electron chi connectivity index (χ1n) is 10.5.